The smallest absolute Gasteiger partial charge is 0.0799 e. The standard InChI is InChI=1S/C12H12BrN3/c1-8-6-9(2-3-10(8)13)12(14)11-7-15-4-5-16-11/h2-7,12H,14H2,1H3. The van der Waals surface area contributed by atoms with Crippen LogP contribution in [0.5, 0.6) is 0 Å². The molecule has 82 valence electrons. The zero-order chi connectivity index (χ0) is 11.5. The minimum Gasteiger partial charge on any atom is -0.319 e. The molecule has 1 aromatic carbocycles. The molecule has 2 N–H and O–H groups in total. The van der Waals surface area contributed by atoms with Gasteiger partial charge in [-0.2, -0.15) is 0 Å². The van der Waals surface area contributed by atoms with Crippen LogP contribution in [0.4, 0.5) is 0 Å². The maximum absolute atomic E-state index is 6.12. The quantitative estimate of drug-likeness (QED) is 0.918. The first-order valence-corrected chi connectivity index (χ1v) is 5.75. The largest absolute Gasteiger partial charge is 0.319 e. The number of aromatic nitrogens is 2. The maximum Gasteiger partial charge on any atom is 0.0799 e. The highest BCUT2D eigenvalue weighted by atomic mass is 79.9. The van der Waals surface area contributed by atoms with E-state index in [2.05, 4.69) is 32.0 Å². The summed E-state index contributed by atoms with van der Waals surface area (Å²) in [4.78, 5) is 8.23. The second-order valence-electron chi connectivity index (χ2n) is 3.62. The number of hydrogen-bond donors (Lipinski definition) is 1. The monoisotopic (exact) mass is 277 g/mol. The van der Waals surface area contributed by atoms with Gasteiger partial charge in [0.15, 0.2) is 0 Å². The SMILES string of the molecule is Cc1cc(C(N)c2cnccn2)ccc1Br. The van der Waals surface area contributed by atoms with Crippen molar-refractivity contribution in [3.8, 4) is 0 Å². The van der Waals surface area contributed by atoms with Crippen LogP contribution in [0.25, 0.3) is 0 Å². The Balaban J connectivity index is 2.34. The van der Waals surface area contributed by atoms with Crippen molar-refractivity contribution >= 4 is 15.9 Å². The number of nitrogens with zero attached hydrogens (tertiary/aromatic N) is 2. The van der Waals surface area contributed by atoms with E-state index < -0.39 is 0 Å². The molecule has 0 saturated heterocycles. The van der Waals surface area contributed by atoms with Crippen LogP contribution < -0.4 is 5.73 Å². The Morgan fingerprint density at radius 2 is 2.12 bits per heavy atom. The number of benzene rings is 1. The van der Waals surface area contributed by atoms with Gasteiger partial charge < -0.3 is 5.73 Å². The third-order valence-electron chi connectivity index (χ3n) is 2.44. The topological polar surface area (TPSA) is 51.8 Å². The molecule has 0 spiro atoms. The maximum atomic E-state index is 6.12. The molecular weight excluding hydrogens is 266 g/mol. The zero-order valence-electron chi connectivity index (χ0n) is 8.89. The van der Waals surface area contributed by atoms with Crippen molar-refractivity contribution in [3.63, 3.8) is 0 Å². The summed E-state index contributed by atoms with van der Waals surface area (Å²) in [5.41, 5.74) is 9.11. The lowest BCUT2D eigenvalue weighted by atomic mass is 10.0. The first-order valence-electron chi connectivity index (χ1n) is 4.96. The summed E-state index contributed by atoms with van der Waals surface area (Å²) in [7, 11) is 0. The summed E-state index contributed by atoms with van der Waals surface area (Å²) < 4.78 is 1.09. The Bertz CT molecular complexity index is 485. The molecule has 0 radical (unpaired) electrons. The van der Waals surface area contributed by atoms with Crippen molar-refractivity contribution in [1.82, 2.24) is 9.97 Å². The van der Waals surface area contributed by atoms with E-state index in [9.17, 15) is 0 Å². The predicted octanol–water partition coefficient (Wildman–Crippen LogP) is 2.60. The summed E-state index contributed by atoms with van der Waals surface area (Å²) in [6.45, 7) is 2.04. The van der Waals surface area contributed by atoms with E-state index in [0.717, 1.165) is 21.3 Å². The number of hydrogen-bond acceptors (Lipinski definition) is 3. The molecule has 0 fully saturated rings. The summed E-state index contributed by atoms with van der Waals surface area (Å²) in [6.07, 6.45) is 4.99. The van der Waals surface area contributed by atoms with Crippen molar-refractivity contribution in [2.24, 2.45) is 5.73 Å². The highest BCUT2D eigenvalue weighted by molar-refractivity contribution is 9.10. The number of aryl methyl sites for hydroxylation is 1. The van der Waals surface area contributed by atoms with Gasteiger partial charge in [-0.15, -0.1) is 0 Å². The van der Waals surface area contributed by atoms with Crippen LogP contribution in [0.2, 0.25) is 0 Å². The van der Waals surface area contributed by atoms with Crippen molar-refractivity contribution in [3.05, 3.63) is 58.1 Å². The van der Waals surface area contributed by atoms with Crippen molar-refractivity contribution in [1.29, 1.82) is 0 Å². The first kappa shape index (κ1) is 11.2. The van der Waals surface area contributed by atoms with Gasteiger partial charge in [-0.3, -0.25) is 9.97 Å². The molecule has 0 saturated carbocycles. The Morgan fingerprint density at radius 1 is 1.31 bits per heavy atom. The van der Waals surface area contributed by atoms with Gasteiger partial charge in [-0.05, 0) is 24.1 Å². The van der Waals surface area contributed by atoms with E-state index in [4.69, 9.17) is 5.73 Å². The number of rotatable bonds is 2. The molecule has 2 aromatic rings. The molecule has 0 aliphatic carbocycles. The van der Waals surface area contributed by atoms with Gasteiger partial charge in [0.2, 0.25) is 0 Å². The second-order valence-corrected chi connectivity index (χ2v) is 4.47. The van der Waals surface area contributed by atoms with Crippen LogP contribution in [0.15, 0.2) is 41.3 Å². The molecule has 1 heterocycles. The molecule has 2 rings (SSSR count). The molecule has 0 amide bonds. The van der Waals surface area contributed by atoms with Crippen LogP contribution in [0, 0.1) is 6.92 Å². The normalized spacial score (nSPS) is 12.4. The Labute approximate surface area is 103 Å². The lowest BCUT2D eigenvalue weighted by Crippen LogP contribution is -2.13. The molecule has 3 nitrogen and oxygen atoms in total. The minimum atomic E-state index is -0.222. The fraction of sp³-hybridized carbons (Fsp3) is 0.167. The Hall–Kier alpha value is -1.26. The lowest BCUT2D eigenvalue weighted by molar-refractivity contribution is 0.816. The van der Waals surface area contributed by atoms with Gasteiger partial charge >= 0.3 is 0 Å². The fourth-order valence-corrected chi connectivity index (χ4v) is 1.75. The van der Waals surface area contributed by atoms with Gasteiger partial charge in [0.05, 0.1) is 17.9 Å². The molecule has 16 heavy (non-hydrogen) atoms. The molecule has 4 heteroatoms. The van der Waals surface area contributed by atoms with Gasteiger partial charge in [0.25, 0.3) is 0 Å². The van der Waals surface area contributed by atoms with E-state index in [1.54, 1.807) is 18.6 Å². The predicted molar refractivity (Wildman–Crippen MR) is 66.9 cm³/mol. The highest BCUT2D eigenvalue weighted by Crippen LogP contribution is 2.22. The van der Waals surface area contributed by atoms with Crippen molar-refractivity contribution in [2.75, 3.05) is 0 Å². The molecular formula is C12H12BrN3. The van der Waals surface area contributed by atoms with Crippen LogP contribution >= 0.6 is 15.9 Å². The lowest BCUT2D eigenvalue weighted by Gasteiger charge is -2.12. The van der Waals surface area contributed by atoms with Crippen LogP contribution in [-0.2, 0) is 0 Å². The molecule has 1 atom stereocenters. The summed E-state index contributed by atoms with van der Waals surface area (Å²) >= 11 is 3.47. The van der Waals surface area contributed by atoms with Crippen molar-refractivity contribution in [2.45, 2.75) is 13.0 Å². The second kappa shape index (κ2) is 4.72. The third-order valence-corrected chi connectivity index (χ3v) is 3.33. The zero-order valence-corrected chi connectivity index (χ0v) is 10.5. The summed E-state index contributed by atoms with van der Waals surface area (Å²) in [6, 6.07) is 5.83. The first-order chi connectivity index (χ1) is 7.68. The van der Waals surface area contributed by atoms with Gasteiger partial charge in [0, 0.05) is 16.9 Å². The van der Waals surface area contributed by atoms with E-state index >= 15 is 0 Å². The van der Waals surface area contributed by atoms with E-state index in [-0.39, 0.29) is 6.04 Å². The minimum absolute atomic E-state index is 0.222. The van der Waals surface area contributed by atoms with Gasteiger partial charge in [-0.1, -0.05) is 28.1 Å². The van der Waals surface area contributed by atoms with Crippen LogP contribution in [-0.4, -0.2) is 9.97 Å². The molecule has 0 aliphatic heterocycles. The van der Waals surface area contributed by atoms with E-state index in [1.165, 1.54) is 0 Å². The van der Waals surface area contributed by atoms with Crippen molar-refractivity contribution < 1.29 is 0 Å². The van der Waals surface area contributed by atoms with E-state index in [1.807, 2.05) is 19.1 Å². The highest BCUT2D eigenvalue weighted by Gasteiger charge is 2.10. The molecule has 1 aromatic heterocycles. The van der Waals surface area contributed by atoms with Crippen LogP contribution in [0.1, 0.15) is 22.9 Å². The summed E-state index contributed by atoms with van der Waals surface area (Å²) in [5.74, 6) is 0. The molecule has 0 bridgehead atoms. The average molecular weight is 278 g/mol. The Kier molecular flexibility index (Phi) is 3.31. The third kappa shape index (κ3) is 2.28. The summed E-state index contributed by atoms with van der Waals surface area (Å²) in [5, 5.41) is 0. The van der Waals surface area contributed by atoms with E-state index in [0.29, 0.717) is 0 Å². The molecule has 0 aliphatic rings. The molecule has 1 unspecified atom stereocenters. The average Bonchev–Trinajstić information content (AvgIpc) is 2.33. The van der Waals surface area contributed by atoms with Gasteiger partial charge in [0.1, 0.15) is 0 Å². The van der Waals surface area contributed by atoms with Crippen LogP contribution in [0.3, 0.4) is 0 Å². The Morgan fingerprint density at radius 3 is 2.75 bits per heavy atom. The van der Waals surface area contributed by atoms with Gasteiger partial charge in [-0.25, -0.2) is 0 Å². The number of halogens is 1. The number of nitrogens with two attached hydrogens (primary N) is 1. The fourth-order valence-electron chi connectivity index (χ4n) is 1.50.